The quantitative estimate of drug-likeness (QED) is 0.435. The van der Waals surface area contributed by atoms with Gasteiger partial charge in [-0.05, 0) is 48.4 Å². The normalized spacial score (nSPS) is 12.8. The van der Waals surface area contributed by atoms with Crippen LogP contribution in [0.1, 0.15) is 46.0 Å². The molecule has 0 atom stereocenters. The predicted octanol–water partition coefficient (Wildman–Crippen LogP) is 4.53. The van der Waals surface area contributed by atoms with Gasteiger partial charge in [-0.3, -0.25) is 19.0 Å². The van der Waals surface area contributed by atoms with Gasteiger partial charge in [-0.25, -0.2) is 4.98 Å². The molecule has 2 amide bonds. The number of nitrogens with zero attached hydrogens (tertiary/aromatic N) is 2. The van der Waals surface area contributed by atoms with Crippen LogP contribution in [0, 0.1) is 0 Å². The van der Waals surface area contributed by atoms with E-state index in [1.807, 2.05) is 54.0 Å². The fourth-order valence-electron chi connectivity index (χ4n) is 4.43. The number of ketones is 1. The minimum absolute atomic E-state index is 0.0164. The summed E-state index contributed by atoms with van der Waals surface area (Å²) in [4.78, 5) is 41.7. The zero-order valence-electron chi connectivity index (χ0n) is 19.0. The van der Waals surface area contributed by atoms with Gasteiger partial charge in [0.15, 0.2) is 5.78 Å². The number of anilines is 1. The van der Waals surface area contributed by atoms with Crippen molar-refractivity contribution in [3.05, 3.63) is 77.4 Å². The number of carbonyl (C=O) groups is 3. The lowest BCUT2D eigenvalue weighted by Crippen LogP contribution is -2.19. The number of benzene rings is 3. The van der Waals surface area contributed by atoms with Crippen molar-refractivity contribution in [2.75, 3.05) is 12.4 Å². The highest BCUT2D eigenvalue weighted by atomic mass is 16.2. The maximum atomic E-state index is 12.7. The van der Waals surface area contributed by atoms with Gasteiger partial charge in [-0.2, -0.15) is 0 Å². The first-order chi connectivity index (χ1) is 16.5. The summed E-state index contributed by atoms with van der Waals surface area (Å²) in [7, 11) is 1.59. The average Bonchev–Trinajstić information content (AvgIpc) is 3.26. The Morgan fingerprint density at radius 3 is 2.68 bits per heavy atom. The molecular weight excluding hydrogens is 428 g/mol. The first-order valence-corrected chi connectivity index (χ1v) is 11.3. The van der Waals surface area contributed by atoms with Crippen molar-refractivity contribution in [2.45, 2.75) is 26.2 Å². The Morgan fingerprint density at radius 1 is 1.06 bits per heavy atom. The standard InChI is InChI=1S/C27H24N4O3/c1-3-24(32)19-6-4-5-7-20(19)26-30-22-15-17(27(34)28-2)8-12-23(22)31(26)18-10-11-21-16(14-18)9-13-25(33)29-21/h4-8,10-12,14-15H,3,9,13H2,1-2H3,(H,28,34)(H,29,33). The third kappa shape index (κ3) is 3.65. The van der Waals surface area contributed by atoms with E-state index < -0.39 is 0 Å². The van der Waals surface area contributed by atoms with Gasteiger partial charge in [0.05, 0.1) is 11.0 Å². The van der Waals surface area contributed by atoms with Crippen molar-refractivity contribution in [2.24, 2.45) is 0 Å². The van der Waals surface area contributed by atoms with Crippen LogP contribution in [0.5, 0.6) is 0 Å². The highest BCUT2D eigenvalue weighted by Gasteiger charge is 2.22. The Hall–Kier alpha value is -4.26. The number of amides is 2. The molecule has 0 spiro atoms. The molecule has 4 aromatic rings. The van der Waals surface area contributed by atoms with Crippen LogP contribution in [-0.2, 0) is 11.2 Å². The number of hydrogen-bond donors (Lipinski definition) is 2. The van der Waals surface area contributed by atoms with Crippen LogP contribution in [0.4, 0.5) is 5.69 Å². The minimum Gasteiger partial charge on any atom is -0.355 e. The molecule has 2 heterocycles. The van der Waals surface area contributed by atoms with Gasteiger partial charge in [0, 0.05) is 48.0 Å². The molecule has 7 nitrogen and oxygen atoms in total. The van der Waals surface area contributed by atoms with Crippen LogP contribution < -0.4 is 10.6 Å². The number of carbonyl (C=O) groups excluding carboxylic acids is 3. The molecule has 2 N–H and O–H groups in total. The number of Topliss-reactive ketones (excluding diaryl/α,β-unsaturated/α-hetero) is 1. The van der Waals surface area contributed by atoms with Gasteiger partial charge < -0.3 is 10.6 Å². The van der Waals surface area contributed by atoms with Crippen molar-refractivity contribution in [1.29, 1.82) is 0 Å². The molecule has 3 aromatic carbocycles. The largest absolute Gasteiger partial charge is 0.355 e. The van der Waals surface area contributed by atoms with Crippen LogP contribution in [0.3, 0.4) is 0 Å². The Morgan fingerprint density at radius 2 is 1.88 bits per heavy atom. The van der Waals surface area contributed by atoms with E-state index in [1.165, 1.54) is 0 Å². The maximum Gasteiger partial charge on any atom is 0.251 e. The van der Waals surface area contributed by atoms with Gasteiger partial charge in [0.2, 0.25) is 5.91 Å². The van der Waals surface area contributed by atoms with Crippen molar-refractivity contribution in [1.82, 2.24) is 14.9 Å². The van der Waals surface area contributed by atoms with E-state index in [1.54, 1.807) is 19.2 Å². The summed E-state index contributed by atoms with van der Waals surface area (Å²) in [5.74, 6) is 0.487. The lowest BCUT2D eigenvalue weighted by atomic mass is 10.0. The molecule has 0 unspecified atom stereocenters. The van der Waals surface area contributed by atoms with E-state index in [9.17, 15) is 14.4 Å². The Balaban J connectivity index is 1.77. The molecular formula is C27H24N4O3. The van der Waals surface area contributed by atoms with Gasteiger partial charge in [-0.1, -0.05) is 31.2 Å². The second-order valence-electron chi connectivity index (χ2n) is 8.27. The number of nitrogens with one attached hydrogen (secondary N) is 2. The summed E-state index contributed by atoms with van der Waals surface area (Å²) >= 11 is 0. The van der Waals surface area contributed by atoms with Crippen molar-refractivity contribution in [3.8, 4) is 17.1 Å². The van der Waals surface area contributed by atoms with Gasteiger partial charge in [0.1, 0.15) is 5.82 Å². The molecule has 7 heteroatoms. The third-order valence-corrected chi connectivity index (χ3v) is 6.18. The van der Waals surface area contributed by atoms with E-state index in [2.05, 4.69) is 16.7 Å². The highest BCUT2D eigenvalue weighted by Crippen LogP contribution is 2.34. The molecule has 1 aliphatic heterocycles. The number of imidazole rings is 1. The van der Waals surface area contributed by atoms with E-state index >= 15 is 0 Å². The number of aryl methyl sites for hydroxylation is 1. The minimum atomic E-state index is -0.191. The summed E-state index contributed by atoms with van der Waals surface area (Å²) in [5, 5.41) is 5.57. The number of rotatable bonds is 5. The van der Waals surface area contributed by atoms with Crippen LogP contribution in [0.25, 0.3) is 28.1 Å². The number of hydrogen-bond acceptors (Lipinski definition) is 4. The topological polar surface area (TPSA) is 93.1 Å². The molecule has 5 rings (SSSR count). The third-order valence-electron chi connectivity index (χ3n) is 6.18. The Labute approximate surface area is 196 Å². The number of fused-ring (bicyclic) bond motifs is 2. The summed E-state index contributed by atoms with van der Waals surface area (Å²) < 4.78 is 2.02. The lowest BCUT2D eigenvalue weighted by molar-refractivity contribution is -0.116. The average molecular weight is 453 g/mol. The first-order valence-electron chi connectivity index (χ1n) is 11.3. The van der Waals surface area contributed by atoms with Crippen molar-refractivity contribution in [3.63, 3.8) is 0 Å². The van der Waals surface area contributed by atoms with E-state index in [-0.39, 0.29) is 17.6 Å². The van der Waals surface area contributed by atoms with E-state index in [0.29, 0.717) is 41.7 Å². The molecule has 34 heavy (non-hydrogen) atoms. The number of aromatic nitrogens is 2. The van der Waals surface area contributed by atoms with Crippen LogP contribution in [-0.4, -0.2) is 34.2 Å². The van der Waals surface area contributed by atoms with Gasteiger partial charge in [0.25, 0.3) is 5.91 Å². The molecule has 0 saturated heterocycles. The molecule has 0 fully saturated rings. The molecule has 0 bridgehead atoms. The molecule has 0 aliphatic carbocycles. The summed E-state index contributed by atoms with van der Waals surface area (Å²) in [6.07, 6.45) is 1.48. The van der Waals surface area contributed by atoms with E-state index in [0.717, 1.165) is 28.0 Å². The first kappa shape index (κ1) is 21.6. The second-order valence-corrected chi connectivity index (χ2v) is 8.27. The Kier molecular flexibility index (Phi) is 5.45. The highest BCUT2D eigenvalue weighted by molar-refractivity contribution is 6.03. The monoisotopic (exact) mass is 452 g/mol. The molecule has 0 saturated carbocycles. The smallest absolute Gasteiger partial charge is 0.251 e. The van der Waals surface area contributed by atoms with Gasteiger partial charge >= 0.3 is 0 Å². The van der Waals surface area contributed by atoms with E-state index in [4.69, 9.17) is 4.98 Å². The van der Waals surface area contributed by atoms with Crippen molar-refractivity contribution < 1.29 is 14.4 Å². The second kappa shape index (κ2) is 8.59. The molecule has 0 radical (unpaired) electrons. The lowest BCUT2D eigenvalue weighted by Gasteiger charge is -2.19. The van der Waals surface area contributed by atoms with Crippen LogP contribution in [0.2, 0.25) is 0 Å². The predicted molar refractivity (Wildman–Crippen MR) is 131 cm³/mol. The molecule has 1 aliphatic rings. The zero-order chi connectivity index (χ0) is 23.8. The maximum absolute atomic E-state index is 12.7. The van der Waals surface area contributed by atoms with Gasteiger partial charge in [-0.15, -0.1) is 0 Å². The summed E-state index contributed by atoms with van der Waals surface area (Å²) in [6, 6.07) is 18.8. The van der Waals surface area contributed by atoms with Crippen LogP contribution >= 0.6 is 0 Å². The SMILES string of the molecule is CCC(=O)c1ccccc1-c1nc2cc(C(=O)NC)ccc2n1-c1ccc2c(c1)CCC(=O)N2. The zero-order valence-corrected chi connectivity index (χ0v) is 19.0. The molecule has 170 valence electrons. The summed E-state index contributed by atoms with van der Waals surface area (Å²) in [6.45, 7) is 1.84. The fourth-order valence-corrected chi connectivity index (χ4v) is 4.43. The van der Waals surface area contributed by atoms with Crippen LogP contribution in [0.15, 0.2) is 60.7 Å². The Bertz CT molecular complexity index is 1470. The summed E-state index contributed by atoms with van der Waals surface area (Å²) in [5.41, 5.74) is 6.06. The van der Waals surface area contributed by atoms with Crippen molar-refractivity contribution >= 4 is 34.3 Å². The molecule has 1 aromatic heterocycles. The fraction of sp³-hybridized carbons (Fsp3) is 0.185.